The predicted octanol–water partition coefficient (Wildman–Crippen LogP) is 4.30. The molecule has 0 unspecified atom stereocenters. The molecule has 2 aromatic rings. The molecule has 0 saturated carbocycles. The summed E-state index contributed by atoms with van der Waals surface area (Å²) in [7, 11) is 1.63. The minimum atomic E-state index is -0.225. The Kier molecular flexibility index (Phi) is 7.85. The van der Waals surface area contributed by atoms with Crippen LogP contribution in [0.3, 0.4) is 0 Å². The molecule has 0 bridgehead atoms. The summed E-state index contributed by atoms with van der Waals surface area (Å²) in [4.78, 5) is 27.7. The number of ether oxygens (including phenoxy) is 2. The minimum Gasteiger partial charge on any atom is -0.497 e. The molecular weight excluding hydrogens is 454 g/mol. The van der Waals surface area contributed by atoms with E-state index in [9.17, 15) is 9.59 Å². The molecule has 2 heterocycles. The molecule has 8 heteroatoms. The van der Waals surface area contributed by atoms with Gasteiger partial charge in [-0.25, -0.2) is 5.01 Å². The van der Waals surface area contributed by atoms with E-state index in [0.29, 0.717) is 24.6 Å². The van der Waals surface area contributed by atoms with Gasteiger partial charge < -0.3 is 9.47 Å². The average molecular weight is 484 g/mol. The maximum atomic E-state index is 13.5. The fourth-order valence-electron chi connectivity index (χ4n) is 4.58. The highest BCUT2D eigenvalue weighted by Gasteiger charge is 2.35. The Morgan fingerprint density at radius 2 is 1.97 bits per heavy atom. The number of hydrogen-bond donors (Lipinski definition) is 0. The number of nitrogens with zero attached hydrogens (tertiary/aromatic N) is 3. The summed E-state index contributed by atoms with van der Waals surface area (Å²) in [5.41, 5.74) is 2.73. The molecule has 180 valence electrons. The Hall–Kier alpha value is -2.90. The number of amides is 1. The van der Waals surface area contributed by atoms with Gasteiger partial charge in [0.15, 0.2) is 0 Å². The number of carbonyl (C=O) groups is 2. The van der Waals surface area contributed by atoms with E-state index >= 15 is 0 Å². The van der Waals surface area contributed by atoms with Crippen LogP contribution in [0.15, 0.2) is 53.6 Å². The third kappa shape index (κ3) is 5.59. The zero-order chi connectivity index (χ0) is 24.1. The van der Waals surface area contributed by atoms with E-state index in [0.717, 1.165) is 42.0 Å². The Morgan fingerprint density at radius 3 is 2.71 bits per heavy atom. The summed E-state index contributed by atoms with van der Waals surface area (Å²) in [5, 5.41) is 6.99. The van der Waals surface area contributed by atoms with Gasteiger partial charge in [-0.15, -0.1) is 0 Å². The lowest BCUT2D eigenvalue weighted by atomic mass is 9.97. The zero-order valence-corrected chi connectivity index (χ0v) is 20.3. The number of halogens is 1. The third-order valence-corrected chi connectivity index (χ3v) is 6.56. The number of likely N-dealkylation sites (tertiary alicyclic amines) is 1. The van der Waals surface area contributed by atoms with Gasteiger partial charge in [-0.2, -0.15) is 5.10 Å². The van der Waals surface area contributed by atoms with Crippen LogP contribution in [0.2, 0.25) is 5.02 Å². The molecule has 2 aromatic carbocycles. The van der Waals surface area contributed by atoms with Crippen molar-refractivity contribution in [2.24, 2.45) is 11.0 Å². The Labute approximate surface area is 205 Å². The first-order valence-electron chi connectivity index (χ1n) is 11.7. The summed E-state index contributed by atoms with van der Waals surface area (Å²) < 4.78 is 10.6. The lowest BCUT2D eigenvalue weighted by Gasteiger charge is -2.32. The molecule has 0 N–H and O–H groups in total. The van der Waals surface area contributed by atoms with Crippen molar-refractivity contribution >= 4 is 29.2 Å². The van der Waals surface area contributed by atoms with Gasteiger partial charge in [0.05, 0.1) is 37.9 Å². The summed E-state index contributed by atoms with van der Waals surface area (Å²) in [6.07, 6.45) is 2.24. The number of carbonyl (C=O) groups excluding carboxylic acids is 2. The number of benzene rings is 2. The number of rotatable bonds is 7. The molecule has 0 aliphatic carbocycles. The summed E-state index contributed by atoms with van der Waals surface area (Å²) in [6, 6.07) is 15.0. The lowest BCUT2D eigenvalue weighted by molar-refractivity contribution is -0.150. The van der Waals surface area contributed by atoms with Crippen molar-refractivity contribution in [3.8, 4) is 5.75 Å². The van der Waals surface area contributed by atoms with Gasteiger partial charge in [-0.05, 0) is 56.1 Å². The smallest absolute Gasteiger partial charge is 0.310 e. The molecule has 0 radical (unpaired) electrons. The van der Waals surface area contributed by atoms with Crippen LogP contribution in [0.25, 0.3) is 0 Å². The van der Waals surface area contributed by atoms with Crippen molar-refractivity contribution in [2.75, 3.05) is 33.4 Å². The first-order chi connectivity index (χ1) is 16.5. The largest absolute Gasteiger partial charge is 0.497 e. The van der Waals surface area contributed by atoms with Gasteiger partial charge in [0.2, 0.25) is 0 Å². The molecule has 2 aliphatic rings. The second kappa shape index (κ2) is 11.0. The van der Waals surface area contributed by atoms with E-state index < -0.39 is 0 Å². The molecule has 4 rings (SSSR count). The van der Waals surface area contributed by atoms with E-state index in [1.165, 1.54) is 0 Å². The summed E-state index contributed by atoms with van der Waals surface area (Å²) in [5.74, 6) is 0.273. The van der Waals surface area contributed by atoms with Gasteiger partial charge >= 0.3 is 5.97 Å². The number of piperidine rings is 1. The number of hydrogen-bond acceptors (Lipinski definition) is 6. The molecular formula is C26H30ClN3O4. The number of esters is 1. The average Bonchev–Trinajstić information content (AvgIpc) is 3.31. The summed E-state index contributed by atoms with van der Waals surface area (Å²) in [6.45, 7) is 3.68. The standard InChI is InChI=1S/C26H30ClN3O4/c1-3-34-26(32)20-7-5-13-29(16-20)17-25(31)30-24(18-9-11-21(27)12-10-18)15-23(28-30)19-6-4-8-22(14-19)33-2/h4,6,8-12,14,20,24H,3,5,7,13,15-17H2,1-2H3/t20-,24-/m1/s1. The van der Waals surface area contributed by atoms with Crippen LogP contribution in [0, 0.1) is 5.92 Å². The molecule has 34 heavy (non-hydrogen) atoms. The Morgan fingerprint density at radius 1 is 1.18 bits per heavy atom. The monoisotopic (exact) mass is 483 g/mol. The van der Waals surface area contributed by atoms with Crippen LogP contribution in [-0.4, -0.2) is 60.8 Å². The van der Waals surface area contributed by atoms with E-state index in [2.05, 4.69) is 0 Å². The van der Waals surface area contributed by atoms with E-state index in [1.54, 1.807) is 12.1 Å². The number of hydrazone groups is 1. The molecule has 0 spiro atoms. The highest BCUT2D eigenvalue weighted by molar-refractivity contribution is 6.30. The van der Waals surface area contributed by atoms with Crippen molar-refractivity contribution in [1.29, 1.82) is 0 Å². The van der Waals surface area contributed by atoms with Crippen molar-refractivity contribution < 1.29 is 19.1 Å². The fourth-order valence-corrected chi connectivity index (χ4v) is 4.70. The van der Waals surface area contributed by atoms with Gasteiger partial charge in [0.25, 0.3) is 5.91 Å². The molecule has 1 amide bonds. The van der Waals surface area contributed by atoms with Crippen LogP contribution in [0.1, 0.15) is 43.4 Å². The highest BCUT2D eigenvalue weighted by atomic mass is 35.5. The maximum Gasteiger partial charge on any atom is 0.310 e. The van der Waals surface area contributed by atoms with Crippen LogP contribution in [0.5, 0.6) is 5.75 Å². The summed E-state index contributed by atoms with van der Waals surface area (Å²) >= 11 is 6.10. The fraction of sp³-hybridized carbons (Fsp3) is 0.423. The normalized spacial score (nSPS) is 20.7. The third-order valence-electron chi connectivity index (χ3n) is 6.31. The van der Waals surface area contributed by atoms with Gasteiger partial charge in [-0.3, -0.25) is 14.5 Å². The quantitative estimate of drug-likeness (QED) is 0.549. The van der Waals surface area contributed by atoms with Gasteiger partial charge in [0.1, 0.15) is 5.75 Å². The predicted molar refractivity (Wildman–Crippen MR) is 131 cm³/mol. The second-order valence-corrected chi connectivity index (χ2v) is 9.05. The maximum absolute atomic E-state index is 13.5. The highest BCUT2D eigenvalue weighted by Crippen LogP contribution is 2.34. The molecule has 2 aliphatic heterocycles. The second-order valence-electron chi connectivity index (χ2n) is 8.61. The van der Waals surface area contributed by atoms with E-state index in [-0.39, 0.29) is 30.4 Å². The molecule has 7 nitrogen and oxygen atoms in total. The van der Waals surface area contributed by atoms with Crippen molar-refractivity contribution in [2.45, 2.75) is 32.2 Å². The SMILES string of the molecule is CCOC(=O)[C@@H]1CCCN(CC(=O)N2N=C(c3cccc(OC)c3)C[C@@H]2c2ccc(Cl)cc2)C1. The van der Waals surface area contributed by atoms with Crippen LogP contribution in [-0.2, 0) is 14.3 Å². The first kappa shape index (κ1) is 24.2. The Balaban J connectivity index is 1.55. The van der Waals surface area contributed by atoms with Crippen molar-refractivity contribution in [3.63, 3.8) is 0 Å². The Bertz CT molecular complexity index is 1060. The molecule has 2 atom stereocenters. The minimum absolute atomic E-state index is 0.0950. The van der Waals surface area contributed by atoms with E-state index in [4.69, 9.17) is 26.2 Å². The van der Waals surface area contributed by atoms with Crippen LogP contribution < -0.4 is 4.74 Å². The first-order valence-corrected chi connectivity index (χ1v) is 12.0. The lowest BCUT2D eigenvalue weighted by Crippen LogP contribution is -2.44. The van der Waals surface area contributed by atoms with E-state index in [1.807, 2.05) is 60.4 Å². The van der Waals surface area contributed by atoms with Crippen molar-refractivity contribution in [1.82, 2.24) is 9.91 Å². The van der Waals surface area contributed by atoms with Gasteiger partial charge in [-0.1, -0.05) is 35.9 Å². The van der Waals surface area contributed by atoms with Crippen LogP contribution >= 0.6 is 11.6 Å². The van der Waals surface area contributed by atoms with Gasteiger partial charge in [0, 0.05) is 23.6 Å². The van der Waals surface area contributed by atoms with Crippen molar-refractivity contribution in [3.05, 3.63) is 64.7 Å². The topological polar surface area (TPSA) is 71.4 Å². The molecule has 1 saturated heterocycles. The zero-order valence-electron chi connectivity index (χ0n) is 19.6. The molecule has 1 fully saturated rings. The number of methoxy groups -OCH3 is 1. The van der Waals surface area contributed by atoms with Crippen LogP contribution in [0.4, 0.5) is 0 Å². The molecule has 0 aromatic heterocycles.